The molecule has 0 aliphatic carbocycles. The fraction of sp³-hybridized carbons (Fsp3) is 0.421. The van der Waals surface area contributed by atoms with Gasteiger partial charge < -0.3 is 14.8 Å². The van der Waals surface area contributed by atoms with Crippen LogP contribution in [-0.4, -0.2) is 38.9 Å². The first kappa shape index (κ1) is 17.2. The molecule has 0 radical (unpaired) electrons. The topological polar surface area (TPSA) is 67.2 Å². The van der Waals surface area contributed by atoms with E-state index in [2.05, 4.69) is 10.3 Å². The van der Waals surface area contributed by atoms with Crippen molar-refractivity contribution in [3.05, 3.63) is 53.1 Å². The van der Waals surface area contributed by atoms with E-state index >= 15 is 0 Å². The molecule has 0 bridgehead atoms. The summed E-state index contributed by atoms with van der Waals surface area (Å²) in [5.74, 6) is 0.570. The molecule has 0 saturated carbocycles. The maximum absolute atomic E-state index is 12.9. The summed E-state index contributed by atoms with van der Waals surface area (Å²) in [6.45, 7) is 9.00. The predicted octanol–water partition coefficient (Wildman–Crippen LogP) is 2.55. The highest BCUT2D eigenvalue weighted by Gasteiger charge is 2.31. The molecule has 2 amide bonds. The van der Waals surface area contributed by atoms with Gasteiger partial charge in [-0.15, -0.1) is 0 Å². The Bertz CT molecular complexity index is 810. The number of imidazole rings is 1. The maximum Gasteiger partial charge on any atom is 0.271 e. The minimum absolute atomic E-state index is 0.00127. The van der Waals surface area contributed by atoms with Crippen LogP contribution in [-0.2, 0) is 6.54 Å². The molecule has 1 atom stereocenters. The number of rotatable bonds is 3. The average Bonchev–Trinajstić information content (AvgIpc) is 2.99. The van der Waals surface area contributed by atoms with Crippen LogP contribution in [0.25, 0.3) is 0 Å². The monoisotopic (exact) mass is 340 g/mol. The normalized spacial score (nSPS) is 16.7. The van der Waals surface area contributed by atoms with Gasteiger partial charge in [-0.3, -0.25) is 9.59 Å². The number of hydrogen-bond acceptors (Lipinski definition) is 3. The van der Waals surface area contributed by atoms with Gasteiger partial charge in [0.1, 0.15) is 11.5 Å². The van der Waals surface area contributed by atoms with Gasteiger partial charge in [-0.1, -0.05) is 17.7 Å². The first-order valence-corrected chi connectivity index (χ1v) is 8.62. The first-order valence-electron chi connectivity index (χ1n) is 8.62. The second kappa shape index (κ2) is 6.70. The van der Waals surface area contributed by atoms with Crippen LogP contribution in [0.1, 0.15) is 59.0 Å². The second-order valence-electron chi connectivity index (χ2n) is 6.85. The lowest BCUT2D eigenvalue weighted by Gasteiger charge is -2.33. The molecule has 0 fully saturated rings. The molecule has 0 spiro atoms. The molecule has 1 aromatic heterocycles. The van der Waals surface area contributed by atoms with Crippen LogP contribution in [0, 0.1) is 6.92 Å². The lowest BCUT2D eigenvalue weighted by Crippen LogP contribution is -2.41. The van der Waals surface area contributed by atoms with E-state index in [1.54, 1.807) is 6.20 Å². The van der Waals surface area contributed by atoms with Crippen molar-refractivity contribution in [3.63, 3.8) is 0 Å². The molecule has 2 aromatic rings. The van der Waals surface area contributed by atoms with Crippen molar-refractivity contribution < 1.29 is 9.59 Å². The van der Waals surface area contributed by atoms with Crippen molar-refractivity contribution in [2.75, 3.05) is 6.54 Å². The summed E-state index contributed by atoms with van der Waals surface area (Å²) >= 11 is 0. The zero-order valence-electron chi connectivity index (χ0n) is 15.1. The highest BCUT2D eigenvalue weighted by atomic mass is 16.2. The van der Waals surface area contributed by atoms with E-state index < -0.39 is 0 Å². The number of carbonyl (C=O) groups excluding carboxylic acids is 2. The molecule has 25 heavy (non-hydrogen) atoms. The van der Waals surface area contributed by atoms with Crippen LogP contribution in [0.5, 0.6) is 0 Å². The van der Waals surface area contributed by atoms with E-state index in [0.29, 0.717) is 24.3 Å². The fourth-order valence-electron chi connectivity index (χ4n) is 3.16. The van der Waals surface area contributed by atoms with Crippen molar-refractivity contribution in [2.24, 2.45) is 0 Å². The second-order valence-corrected chi connectivity index (χ2v) is 6.85. The van der Waals surface area contributed by atoms with E-state index in [1.165, 1.54) is 0 Å². The summed E-state index contributed by atoms with van der Waals surface area (Å²) in [7, 11) is 0. The first-order chi connectivity index (χ1) is 11.9. The molecule has 6 nitrogen and oxygen atoms in total. The van der Waals surface area contributed by atoms with Crippen molar-refractivity contribution >= 4 is 11.8 Å². The van der Waals surface area contributed by atoms with Crippen LogP contribution in [0.4, 0.5) is 0 Å². The Kier molecular flexibility index (Phi) is 4.61. The molecule has 1 N–H and O–H groups in total. The molecule has 1 aliphatic heterocycles. The summed E-state index contributed by atoms with van der Waals surface area (Å²) in [5.41, 5.74) is 2.15. The third-order valence-corrected chi connectivity index (χ3v) is 4.41. The van der Waals surface area contributed by atoms with Crippen LogP contribution in [0.3, 0.4) is 0 Å². The molecule has 2 heterocycles. The molecule has 1 aliphatic rings. The number of amides is 2. The standard InChI is InChI=1S/C19H24N4O2/c1-12(2)20-18(24)16-11-22-8-9-23(14(4)17(22)21-16)19(25)15-7-5-6-13(3)10-15/h5-7,10-12,14H,8-9H2,1-4H3,(H,20,24)/t14-/m1/s1. The van der Waals surface area contributed by atoms with E-state index in [0.717, 1.165) is 11.4 Å². The Hall–Kier alpha value is -2.63. The summed E-state index contributed by atoms with van der Waals surface area (Å²) in [4.78, 5) is 31.4. The van der Waals surface area contributed by atoms with Crippen molar-refractivity contribution in [3.8, 4) is 0 Å². The van der Waals surface area contributed by atoms with Gasteiger partial charge in [0.2, 0.25) is 0 Å². The van der Waals surface area contributed by atoms with Crippen LogP contribution in [0.2, 0.25) is 0 Å². The van der Waals surface area contributed by atoms with E-state index in [-0.39, 0.29) is 23.9 Å². The van der Waals surface area contributed by atoms with Gasteiger partial charge in [0.15, 0.2) is 0 Å². The largest absolute Gasteiger partial charge is 0.348 e. The molecule has 3 rings (SSSR count). The number of fused-ring (bicyclic) bond motifs is 1. The molecule has 132 valence electrons. The number of hydrogen-bond donors (Lipinski definition) is 1. The Morgan fingerprint density at radius 2 is 2.04 bits per heavy atom. The number of aryl methyl sites for hydroxylation is 1. The van der Waals surface area contributed by atoms with Crippen molar-refractivity contribution in [1.29, 1.82) is 0 Å². The predicted molar refractivity (Wildman–Crippen MR) is 95.5 cm³/mol. The quantitative estimate of drug-likeness (QED) is 0.934. The Balaban J connectivity index is 1.83. The molecule has 0 unspecified atom stereocenters. The van der Waals surface area contributed by atoms with Gasteiger partial charge in [-0.05, 0) is 39.8 Å². The van der Waals surface area contributed by atoms with Gasteiger partial charge in [-0.25, -0.2) is 4.98 Å². The SMILES string of the molecule is Cc1cccc(C(=O)N2CCn3cc(C(=O)NC(C)C)nc3[C@H]2C)c1. The average molecular weight is 340 g/mol. The zero-order chi connectivity index (χ0) is 18.1. The summed E-state index contributed by atoms with van der Waals surface area (Å²) < 4.78 is 1.97. The highest BCUT2D eigenvalue weighted by Crippen LogP contribution is 2.26. The number of nitrogens with zero attached hydrogens (tertiary/aromatic N) is 3. The third-order valence-electron chi connectivity index (χ3n) is 4.41. The molecule has 6 heteroatoms. The molecule has 0 saturated heterocycles. The maximum atomic E-state index is 12.9. The summed E-state index contributed by atoms with van der Waals surface area (Å²) in [6, 6.07) is 7.49. The third kappa shape index (κ3) is 3.43. The lowest BCUT2D eigenvalue weighted by molar-refractivity contribution is 0.0637. The highest BCUT2D eigenvalue weighted by molar-refractivity contribution is 5.95. The zero-order valence-corrected chi connectivity index (χ0v) is 15.1. The van der Waals surface area contributed by atoms with Gasteiger partial charge >= 0.3 is 0 Å². The number of nitrogens with one attached hydrogen (secondary N) is 1. The summed E-state index contributed by atoms with van der Waals surface area (Å²) in [5, 5.41) is 2.85. The molecular formula is C19H24N4O2. The number of aromatic nitrogens is 2. The Labute approximate surface area is 147 Å². The lowest BCUT2D eigenvalue weighted by atomic mass is 10.1. The summed E-state index contributed by atoms with van der Waals surface area (Å²) in [6.07, 6.45) is 1.78. The van der Waals surface area contributed by atoms with E-state index in [9.17, 15) is 9.59 Å². The van der Waals surface area contributed by atoms with Crippen molar-refractivity contribution in [2.45, 2.75) is 46.3 Å². The molecule has 1 aromatic carbocycles. The Morgan fingerprint density at radius 3 is 2.72 bits per heavy atom. The van der Waals surface area contributed by atoms with Crippen LogP contribution >= 0.6 is 0 Å². The molecular weight excluding hydrogens is 316 g/mol. The fourth-order valence-corrected chi connectivity index (χ4v) is 3.16. The van der Waals surface area contributed by atoms with E-state index in [1.807, 2.05) is 61.4 Å². The minimum atomic E-state index is -0.180. The van der Waals surface area contributed by atoms with Crippen LogP contribution < -0.4 is 5.32 Å². The van der Waals surface area contributed by atoms with Gasteiger partial charge in [0, 0.05) is 30.9 Å². The van der Waals surface area contributed by atoms with Crippen LogP contribution in [0.15, 0.2) is 30.5 Å². The van der Waals surface area contributed by atoms with Gasteiger partial charge in [-0.2, -0.15) is 0 Å². The minimum Gasteiger partial charge on any atom is -0.348 e. The van der Waals surface area contributed by atoms with E-state index in [4.69, 9.17) is 0 Å². The van der Waals surface area contributed by atoms with Gasteiger partial charge in [0.25, 0.3) is 11.8 Å². The van der Waals surface area contributed by atoms with Crippen molar-refractivity contribution in [1.82, 2.24) is 19.8 Å². The Morgan fingerprint density at radius 1 is 1.28 bits per heavy atom. The number of carbonyl (C=O) groups is 2. The van der Waals surface area contributed by atoms with Gasteiger partial charge in [0.05, 0.1) is 6.04 Å². The number of benzene rings is 1. The smallest absolute Gasteiger partial charge is 0.271 e.